The van der Waals surface area contributed by atoms with E-state index in [2.05, 4.69) is 14.9 Å². The highest BCUT2D eigenvalue weighted by molar-refractivity contribution is 8.18. The van der Waals surface area contributed by atoms with Gasteiger partial charge < -0.3 is 19.4 Å². The van der Waals surface area contributed by atoms with Gasteiger partial charge in [0, 0.05) is 17.1 Å². The summed E-state index contributed by atoms with van der Waals surface area (Å²) in [5.41, 5.74) is 3.75. The van der Waals surface area contributed by atoms with E-state index in [4.69, 9.17) is 9.47 Å². The van der Waals surface area contributed by atoms with E-state index in [1.807, 2.05) is 80.6 Å². The molecule has 2 aromatic carbocycles. The number of thioether (sulfide) groups is 1. The van der Waals surface area contributed by atoms with Gasteiger partial charge in [0.15, 0.2) is 5.17 Å². The van der Waals surface area contributed by atoms with Crippen molar-refractivity contribution in [3.05, 3.63) is 77.0 Å². The number of amides is 1. The van der Waals surface area contributed by atoms with Gasteiger partial charge >= 0.3 is 0 Å². The van der Waals surface area contributed by atoms with Gasteiger partial charge in [0.25, 0.3) is 5.91 Å². The van der Waals surface area contributed by atoms with Gasteiger partial charge in [-0.2, -0.15) is 0 Å². The lowest BCUT2D eigenvalue weighted by Gasteiger charge is -2.10. The second kappa shape index (κ2) is 9.14. The third-order valence-corrected chi connectivity index (χ3v) is 5.65. The Bertz CT molecular complexity index is 1150. The summed E-state index contributed by atoms with van der Waals surface area (Å²) >= 11 is 1.33. The van der Waals surface area contributed by atoms with Crippen LogP contribution < -0.4 is 14.8 Å². The number of nitrogens with one attached hydrogen (secondary N) is 1. The molecular weight excluding hydrogens is 410 g/mol. The highest BCUT2D eigenvalue weighted by Crippen LogP contribution is 2.30. The van der Waals surface area contributed by atoms with Gasteiger partial charge in [-0.3, -0.25) is 4.79 Å². The van der Waals surface area contributed by atoms with Crippen molar-refractivity contribution in [1.29, 1.82) is 0 Å². The molecule has 158 valence electrons. The van der Waals surface area contributed by atoms with Crippen molar-refractivity contribution in [2.24, 2.45) is 4.99 Å². The summed E-state index contributed by atoms with van der Waals surface area (Å²) in [4.78, 5) is 17.7. The van der Waals surface area contributed by atoms with Gasteiger partial charge in [0.05, 0.1) is 24.3 Å². The molecule has 1 aliphatic heterocycles. The Kier molecular flexibility index (Phi) is 6.13. The standard InChI is InChI=1S/C24H23N3O3S/c1-4-30-21-11-6-17(7-12-21)25-24-26-23(28)22(31-24)15-19-8-5-16(2)27(19)18-9-13-20(29-3)14-10-18/h5-15H,4H2,1-3H3,(H,25,26,28)/b22-15-. The number of rotatable bonds is 6. The maximum absolute atomic E-state index is 12.5. The number of aliphatic imine (C=N–C) groups is 1. The number of methoxy groups -OCH3 is 1. The Morgan fingerprint density at radius 3 is 2.42 bits per heavy atom. The van der Waals surface area contributed by atoms with Crippen LogP contribution in [0.2, 0.25) is 0 Å². The maximum atomic E-state index is 12.5. The lowest BCUT2D eigenvalue weighted by atomic mass is 10.2. The van der Waals surface area contributed by atoms with Gasteiger partial charge in [-0.15, -0.1) is 0 Å². The zero-order valence-electron chi connectivity index (χ0n) is 17.6. The first-order valence-corrected chi connectivity index (χ1v) is 10.7. The lowest BCUT2D eigenvalue weighted by molar-refractivity contribution is -0.115. The molecule has 0 spiro atoms. The average molecular weight is 434 g/mol. The minimum absolute atomic E-state index is 0.158. The van der Waals surface area contributed by atoms with Crippen LogP contribution in [0, 0.1) is 6.92 Å². The zero-order chi connectivity index (χ0) is 21.8. The van der Waals surface area contributed by atoms with E-state index in [-0.39, 0.29) is 5.91 Å². The van der Waals surface area contributed by atoms with E-state index in [0.29, 0.717) is 16.7 Å². The number of nitrogens with zero attached hydrogens (tertiary/aromatic N) is 2. The molecule has 4 rings (SSSR count). The van der Waals surface area contributed by atoms with Crippen LogP contribution in [0.5, 0.6) is 11.5 Å². The molecular formula is C24H23N3O3S. The lowest BCUT2D eigenvalue weighted by Crippen LogP contribution is -2.19. The van der Waals surface area contributed by atoms with E-state index in [0.717, 1.165) is 34.3 Å². The molecule has 1 amide bonds. The van der Waals surface area contributed by atoms with Crippen molar-refractivity contribution in [2.45, 2.75) is 13.8 Å². The smallest absolute Gasteiger partial charge is 0.264 e. The summed E-state index contributed by atoms with van der Waals surface area (Å²) in [7, 11) is 1.65. The van der Waals surface area contributed by atoms with Gasteiger partial charge in [-0.05, 0) is 92.3 Å². The van der Waals surface area contributed by atoms with E-state index in [1.165, 1.54) is 11.8 Å². The van der Waals surface area contributed by atoms with E-state index < -0.39 is 0 Å². The number of aromatic nitrogens is 1. The van der Waals surface area contributed by atoms with Crippen molar-refractivity contribution in [3.8, 4) is 17.2 Å². The van der Waals surface area contributed by atoms with Crippen molar-refractivity contribution in [1.82, 2.24) is 9.88 Å². The van der Waals surface area contributed by atoms with Crippen LogP contribution in [0.15, 0.2) is 70.6 Å². The second-order valence-electron chi connectivity index (χ2n) is 6.84. The molecule has 1 N–H and O–H groups in total. The van der Waals surface area contributed by atoms with Gasteiger partial charge in [0.2, 0.25) is 0 Å². The maximum Gasteiger partial charge on any atom is 0.264 e. The number of amidine groups is 1. The topological polar surface area (TPSA) is 64.8 Å². The van der Waals surface area contributed by atoms with Crippen molar-refractivity contribution >= 4 is 34.6 Å². The van der Waals surface area contributed by atoms with Gasteiger partial charge in [0.1, 0.15) is 11.5 Å². The molecule has 1 aromatic heterocycles. The summed E-state index contributed by atoms with van der Waals surface area (Å²) in [6, 6.07) is 19.3. The third-order valence-electron chi connectivity index (χ3n) is 4.75. The Labute approximate surface area is 185 Å². The summed E-state index contributed by atoms with van der Waals surface area (Å²) in [5, 5.41) is 3.40. The van der Waals surface area contributed by atoms with Crippen molar-refractivity contribution in [2.75, 3.05) is 13.7 Å². The highest BCUT2D eigenvalue weighted by Gasteiger charge is 2.24. The molecule has 3 aromatic rings. The number of hydrogen-bond donors (Lipinski definition) is 1. The molecule has 0 bridgehead atoms. The molecule has 2 heterocycles. The molecule has 0 unspecified atom stereocenters. The number of ether oxygens (including phenoxy) is 2. The van der Waals surface area contributed by atoms with E-state index in [9.17, 15) is 4.79 Å². The fourth-order valence-corrected chi connectivity index (χ4v) is 4.10. The molecule has 0 atom stereocenters. The van der Waals surface area contributed by atoms with Crippen LogP contribution in [0.25, 0.3) is 11.8 Å². The average Bonchev–Trinajstić information content (AvgIpc) is 3.31. The minimum atomic E-state index is -0.158. The highest BCUT2D eigenvalue weighted by atomic mass is 32.2. The van der Waals surface area contributed by atoms with E-state index in [1.54, 1.807) is 7.11 Å². The number of hydrogen-bond acceptors (Lipinski definition) is 5. The van der Waals surface area contributed by atoms with Crippen LogP contribution in [0.3, 0.4) is 0 Å². The molecule has 1 saturated heterocycles. The molecule has 0 radical (unpaired) electrons. The quantitative estimate of drug-likeness (QED) is 0.550. The van der Waals surface area contributed by atoms with Crippen molar-refractivity contribution in [3.63, 3.8) is 0 Å². The summed E-state index contributed by atoms with van der Waals surface area (Å²) < 4.78 is 12.8. The fraction of sp³-hybridized carbons (Fsp3) is 0.167. The Hall–Kier alpha value is -3.45. The molecule has 6 nitrogen and oxygen atoms in total. The Morgan fingerprint density at radius 1 is 1.03 bits per heavy atom. The SMILES string of the molecule is CCOc1ccc(N=C2NC(=O)/C(=C/c3ccc(C)n3-c3ccc(OC)cc3)S2)cc1. The van der Waals surface area contributed by atoms with Gasteiger partial charge in [-0.1, -0.05) is 0 Å². The number of aryl methyl sites for hydroxylation is 1. The first-order valence-electron chi connectivity index (χ1n) is 9.92. The van der Waals surface area contributed by atoms with Crippen LogP contribution in [0.1, 0.15) is 18.3 Å². The third kappa shape index (κ3) is 4.67. The molecule has 1 fully saturated rings. The normalized spacial score (nSPS) is 16.0. The summed E-state index contributed by atoms with van der Waals surface area (Å²) in [5.74, 6) is 1.44. The van der Waals surface area contributed by atoms with Crippen LogP contribution in [-0.2, 0) is 4.79 Å². The van der Waals surface area contributed by atoms with E-state index >= 15 is 0 Å². The number of benzene rings is 2. The van der Waals surface area contributed by atoms with Crippen LogP contribution >= 0.6 is 11.8 Å². The molecule has 0 saturated carbocycles. The summed E-state index contributed by atoms with van der Waals surface area (Å²) in [6.07, 6.45) is 1.89. The predicted octanol–water partition coefficient (Wildman–Crippen LogP) is 5.08. The Balaban J connectivity index is 1.58. The predicted molar refractivity (Wildman–Crippen MR) is 125 cm³/mol. The Morgan fingerprint density at radius 2 is 1.74 bits per heavy atom. The summed E-state index contributed by atoms with van der Waals surface area (Å²) in [6.45, 7) is 4.60. The second-order valence-corrected chi connectivity index (χ2v) is 7.87. The largest absolute Gasteiger partial charge is 0.497 e. The monoisotopic (exact) mass is 433 g/mol. The molecule has 31 heavy (non-hydrogen) atoms. The number of carbonyl (C=O) groups is 1. The fourth-order valence-electron chi connectivity index (χ4n) is 3.27. The van der Waals surface area contributed by atoms with Crippen molar-refractivity contribution < 1.29 is 14.3 Å². The van der Waals surface area contributed by atoms with Gasteiger partial charge in [-0.25, -0.2) is 4.99 Å². The first kappa shape index (κ1) is 20.8. The number of carbonyl (C=O) groups excluding carboxylic acids is 1. The minimum Gasteiger partial charge on any atom is -0.497 e. The zero-order valence-corrected chi connectivity index (χ0v) is 18.4. The first-order chi connectivity index (χ1) is 15.1. The molecule has 7 heteroatoms. The molecule has 0 aliphatic carbocycles. The molecule has 1 aliphatic rings. The van der Waals surface area contributed by atoms with Crippen LogP contribution in [-0.4, -0.2) is 29.4 Å². The van der Waals surface area contributed by atoms with Crippen LogP contribution in [0.4, 0.5) is 5.69 Å².